The van der Waals surface area contributed by atoms with Crippen LogP contribution in [0, 0.1) is 17.7 Å². The Morgan fingerprint density at radius 3 is 2.59 bits per heavy atom. The van der Waals surface area contributed by atoms with Gasteiger partial charge in [0.05, 0.1) is 6.54 Å². The van der Waals surface area contributed by atoms with Crippen molar-refractivity contribution in [3.8, 4) is 17.6 Å². The van der Waals surface area contributed by atoms with Crippen molar-refractivity contribution in [3.05, 3.63) is 64.4 Å². The predicted molar refractivity (Wildman–Crippen MR) is 86.1 cm³/mol. The van der Waals surface area contributed by atoms with Crippen molar-refractivity contribution < 1.29 is 13.9 Å². The van der Waals surface area contributed by atoms with Crippen LogP contribution in [0.2, 0.25) is 0 Å². The summed E-state index contributed by atoms with van der Waals surface area (Å²) in [4.78, 5) is 11.8. The normalized spacial score (nSPS) is 9.55. The van der Waals surface area contributed by atoms with Crippen LogP contribution in [0.4, 0.5) is 4.39 Å². The monoisotopic (exact) mass is 361 g/mol. The Hall–Kier alpha value is -2.32. The van der Waals surface area contributed by atoms with Gasteiger partial charge in [0.2, 0.25) is 0 Å². The quantitative estimate of drug-likeness (QED) is 0.847. The standard InChI is InChI=1S/C17H13BrFNO2/c18-14-9-7-13(8-10-14)17(21)20-11-3-4-12-22-16-6-2-1-5-15(16)19/h1-2,5-10H,11-12H2,(H,20,21). The fourth-order valence-corrected chi connectivity index (χ4v) is 1.88. The van der Waals surface area contributed by atoms with Crippen LogP contribution in [-0.4, -0.2) is 19.1 Å². The van der Waals surface area contributed by atoms with Crippen molar-refractivity contribution in [1.29, 1.82) is 0 Å². The number of hydrogen-bond acceptors (Lipinski definition) is 2. The second kappa shape index (κ2) is 8.20. The third-order valence-corrected chi connectivity index (χ3v) is 3.23. The maximum absolute atomic E-state index is 13.3. The molecule has 0 spiro atoms. The molecule has 0 saturated carbocycles. The average molecular weight is 362 g/mol. The Bertz CT molecular complexity index is 705. The lowest BCUT2D eigenvalue weighted by Gasteiger charge is -2.02. The maximum atomic E-state index is 13.3. The summed E-state index contributed by atoms with van der Waals surface area (Å²) in [5, 5.41) is 2.67. The second-order valence-corrected chi connectivity index (χ2v) is 5.18. The van der Waals surface area contributed by atoms with Crippen molar-refractivity contribution in [2.45, 2.75) is 0 Å². The third kappa shape index (κ3) is 4.90. The molecule has 0 fully saturated rings. The Balaban J connectivity index is 1.74. The van der Waals surface area contributed by atoms with E-state index >= 15 is 0 Å². The van der Waals surface area contributed by atoms with Gasteiger partial charge in [-0.1, -0.05) is 39.9 Å². The lowest BCUT2D eigenvalue weighted by molar-refractivity contribution is 0.0958. The second-order valence-electron chi connectivity index (χ2n) is 4.26. The molecule has 5 heteroatoms. The molecule has 0 aliphatic rings. The van der Waals surface area contributed by atoms with Gasteiger partial charge in [0.25, 0.3) is 5.91 Å². The van der Waals surface area contributed by atoms with Crippen LogP contribution in [0.25, 0.3) is 0 Å². The zero-order chi connectivity index (χ0) is 15.8. The summed E-state index contributed by atoms with van der Waals surface area (Å²) in [6.07, 6.45) is 0. The number of nitrogens with one attached hydrogen (secondary N) is 1. The molecule has 1 amide bonds. The Morgan fingerprint density at radius 2 is 1.86 bits per heavy atom. The van der Waals surface area contributed by atoms with E-state index in [2.05, 4.69) is 33.1 Å². The summed E-state index contributed by atoms with van der Waals surface area (Å²) in [5.74, 6) is 5.01. The highest BCUT2D eigenvalue weighted by Crippen LogP contribution is 2.14. The van der Waals surface area contributed by atoms with E-state index in [4.69, 9.17) is 4.74 Å². The topological polar surface area (TPSA) is 38.3 Å². The van der Waals surface area contributed by atoms with E-state index in [0.717, 1.165) is 4.47 Å². The molecule has 0 unspecified atom stereocenters. The van der Waals surface area contributed by atoms with Crippen LogP contribution >= 0.6 is 15.9 Å². The molecule has 0 radical (unpaired) electrons. The average Bonchev–Trinajstić information content (AvgIpc) is 2.53. The third-order valence-electron chi connectivity index (χ3n) is 2.71. The fourth-order valence-electron chi connectivity index (χ4n) is 1.62. The van der Waals surface area contributed by atoms with Crippen molar-refractivity contribution in [3.63, 3.8) is 0 Å². The predicted octanol–water partition coefficient (Wildman–Crippen LogP) is 3.40. The molecule has 2 rings (SSSR count). The van der Waals surface area contributed by atoms with E-state index in [1.54, 1.807) is 36.4 Å². The molecule has 0 aromatic heterocycles. The van der Waals surface area contributed by atoms with E-state index in [0.29, 0.717) is 5.56 Å². The van der Waals surface area contributed by atoms with Gasteiger partial charge >= 0.3 is 0 Å². The molecule has 1 N–H and O–H groups in total. The first-order valence-corrected chi connectivity index (χ1v) is 7.33. The molecular formula is C17H13BrFNO2. The van der Waals surface area contributed by atoms with Gasteiger partial charge in [0, 0.05) is 10.0 Å². The molecular weight excluding hydrogens is 349 g/mol. The van der Waals surface area contributed by atoms with E-state index < -0.39 is 5.82 Å². The molecule has 2 aromatic rings. The highest BCUT2D eigenvalue weighted by Gasteiger charge is 2.02. The zero-order valence-corrected chi connectivity index (χ0v) is 13.2. The van der Waals surface area contributed by atoms with Gasteiger partial charge in [-0.3, -0.25) is 4.79 Å². The van der Waals surface area contributed by atoms with Crippen LogP contribution in [-0.2, 0) is 0 Å². The largest absolute Gasteiger partial charge is 0.478 e. The Morgan fingerprint density at radius 1 is 1.14 bits per heavy atom. The number of rotatable bonds is 4. The molecule has 0 atom stereocenters. The number of hydrogen-bond donors (Lipinski definition) is 1. The van der Waals surface area contributed by atoms with Gasteiger partial charge < -0.3 is 10.1 Å². The van der Waals surface area contributed by atoms with Crippen LogP contribution in [0.15, 0.2) is 53.0 Å². The molecule has 0 bridgehead atoms. The van der Waals surface area contributed by atoms with E-state index in [-0.39, 0.29) is 24.8 Å². The van der Waals surface area contributed by atoms with Gasteiger partial charge in [0.1, 0.15) is 6.61 Å². The molecule has 3 nitrogen and oxygen atoms in total. The van der Waals surface area contributed by atoms with E-state index in [9.17, 15) is 9.18 Å². The number of halogens is 2. The van der Waals surface area contributed by atoms with Crippen LogP contribution in [0.1, 0.15) is 10.4 Å². The first-order valence-electron chi connectivity index (χ1n) is 6.53. The maximum Gasteiger partial charge on any atom is 0.252 e. The van der Waals surface area contributed by atoms with E-state index in [1.807, 2.05) is 0 Å². The molecule has 22 heavy (non-hydrogen) atoms. The highest BCUT2D eigenvalue weighted by molar-refractivity contribution is 9.10. The van der Waals surface area contributed by atoms with Gasteiger partial charge in [-0.05, 0) is 36.4 Å². The minimum absolute atomic E-state index is 0.0646. The number of para-hydroxylation sites is 1. The van der Waals surface area contributed by atoms with Gasteiger partial charge in [-0.2, -0.15) is 0 Å². The summed E-state index contributed by atoms with van der Waals surface area (Å²) in [6.45, 7) is 0.268. The zero-order valence-electron chi connectivity index (χ0n) is 11.6. The highest BCUT2D eigenvalue weighted by atomic mass is 79.9. The van der Waals surface area contributed by atoms with Gasteiger partial charge in [-0.15, -0.1) is 0 Å². The van der Waals surface area contributed by atoms with Crippen molar-refractivity contribution in [1.82, 2.24) is 5.32 Å². The van der Waals surface area contributed by atoms with Crippen molar-refractivity contribution in [2.75, 3.05) is 13.2 Å². The summed E-state index contributed by atoms with van der Waals surface area (Å²) in [7, 11) is 0. The molecule has 0 saturated heterocycles. The molecule has 0 heterocycles. The number of carbonyl (C=O) groups is 1. The van der Waals surface area contributed by atoms with Crippen molar-refractivity contribution in [2.24, 2.45) is 0 Å². The molecule has 2 aromatic carbocycles. The molecule has 112 valence electrons. The molecule has 0 aliphatic heterocycles. The van der Waals surface area contributed by atoms with Crippen molar-refractivity contribution >= 4 is 21.8 Å². The van der Waals surface area contributed by atoms with Crippen LogP contribution in [0.3, 0.4) is 0 Å². The Kier molecular flexibility index (Phi) is 5.99. The number of benzene rings is 2. The summed E-state index contributed by atoms with van der Waals surface area (Å²) in [6, 6.07) is 13.2. The first-order chi connectivity index (χ1) is 10.7. The lowest BCUT2D eigenvalue weighted by atomic mass is 10.2. The minimum Gasteiger partial charge on any atom is -0.478 e. The fraction of sp³-hybridized carbons (Fsp3) is 0.118. The number of carbonyl (C=O) groups excluding carboxylic acids is 1. The Labute approximate surface area is 136 Å². The molecule has 0 aliphatic carbocycles. The number of amides is 1. The van der Waals surface area contributed by atoms with E-state index in [1.165, 1.54) is 12.1 Å². The van der Waals surface area contributed by atoms with Gasteiger partial charge in [-0.25, -0.2) is 4.39 Å². The summed E-state index contributed by atoms with van der Waals surface area (Å²) in [5.41, 5.74) is 0.563. The smallest absolute Gasteiger partial charge is 0.252 e. The summed E-state index contributed by atoms with van der Waals surface area (Å²) < 4.78 is 19.3. The van der Waals surface area contributed by atoms with Crippen LogP contribution in [0.5, 0.6) is 5.75 Å². The number of ether oxygens (including phenoxy) is 1. The SMILES string of the molecule is O=C(NCC#CCOc1ccccc1F)c1ccc(Br)cc1. The van der Waals surface area contributed by atoms with Gasteiger partial charge in [0.15, 0.2) is 11.6 Å². The lowest BCUT2D eigenvalue weighted by Crippen LogP contribution is -2.23. The first kappa shape index (κ1) is 16.1. The van der Waals surface area contributed by atoms with Crippen LogP contribution < -0.4 is 10.1 Å². The summed E-state index contributed by atoms with van der Waals surface area (Å²) >= 11 is 3.31. The minimum atomic E-state index is -0.423.